The highest BCUT2D eigenvalue weighted by Gasteiger charge is 2.47. The van der Waals surface area contributed by atoms with E-state index < -0.39 is 18.5 Å². The van der Waals surface area contributed by atoms with E-state index in [1.54, 1.807) is 0 Å². The molecule has 2 rings (SSSR count). The van der Waals surface area contributed by atoms with Crippen molar-refractivity contribution >= 4 is 17.5 Å². The zero-order valence-electron chi connectivity index (χ0n) is 7.00. The van der Waals surface area contributed by atoms with Crippen molar-refractivity contribution in [2.75, 3.05) is 13.7 Å². The number of rotatable bonds is 1. The first kappa shape index (κ1) is 9.14. The van der Waals surface area contributed by atoms with E-state index in [1.807, 2.05) is 0 Å². The van der Waals surface area contributed by atoms with E-state index in [1.165, 1.54) is 7.11 Å². The van der Waals surface area contributed by atoms with Crippen LogP contribution in [0.5, 0.6) is 0 Å². The van der Waals surface area contributed by atoms with Gasteiger partial charge in [0.1, 0.15) is 6.10 Å². The third-order valence-electron chi connectivity index (χ3n) is 2.12. The lowest BCUT2D eigenvalue weighted by atomic mass is 10.1. The summed E-state index contributed by atoms with van der Waals surface area (Å²) in [5.74, 6) is 0. The summed E-state index contributed by atoms with van der Waals surface area (Å²) < 4.78 is 20.3. The molecule has 2 aliphatic rings. The molecule has 0 bridgehead atoms. The minimum absolute atomic E-state index is 0.0643. The predicted octanol–water partition coefficient (Wildman–Crippen LogP) is -0.581. The molecule has 0 aromatic carbocycles. The Morgan fingerprint density at radius 1 is 1.54 bits per heavy atom. The fourth-order valence-electron chi connectivity index (χ4n) is 1.47. The van der Waals surface area contributed by atoms with Crippen molar-refractivity contribution in [1.29, 1.82) is 0 Å². The lowest BCUT2D eigenvalue weighted by molar-refractivity contribution is -0.240. The first-order chi connectivity index (χ1) is 6.22. The maximum Gasteiger partial charge on any atom is 0.353 e. The third kappa shape index (κ3) is 1.50. The molecular weight excluding hydrogens is 196 g/mol. The van der Waals surface area contributed by atoms with Crippen LogP contribution in [-0.4, -0.2) is 48.7 Å². The van der Waals surface area contributed by atoms with Crippen molar-refractivity contribution < 1.29 is 24.1 Å². The molecule has 74 valence electrons. The molecule has 0 unspecified atom stereocenters. The van der Waals surface area contributed by atoms with Crippen molar-refractivity contribution in [3.63, 3.8) is 0 Å². The summed E-state index contributed by atoms with van der Waals surface area (Å²) in [5.41, 5.74) is 0. The summed E-state index contributed by atoms with van der Waals surface area (Å²) in [7, 11) is 1.46. The molecule has 2 saturated heterocycles. The Bertz CT molecular complexity index is 221. The molecule has 0 radical (unpaired) electrons. The van der Waals surface area contributed by atoms with Crippen LogP contribution in [0, 0.1) is 0 Å². The number of hydrogen-bond acceptors (Lipinski definition) is 6. The van der Waals surface area contributed by atoms with Gasteiger partial charge in [-0.25, -0.2) is 0 Å². The van der Waals surface area contributed by atoms with Gasteiger partial charge in [-0.2, -0.15) is 0 Å². The van der Waals surface area contributed by atoms with Crippen LogP contribution in [0.25, 0.3) is 0 Å². The monoisotopic (exact) mass is 206 g/mol. The molecule has 0 amide bonds. The number of hydrogen-bond donors (Lipinski definition) is 1. The Labute approximate surface area is 80.5 Å². The lowest BCUT2D eigenvalue weighted by Crippen LogP contribution is -2.52. The Kier molecular flexibility index (Phi) is 2.37. The fraction of sp³-hybridized carbons (Fsp3) is 0.857. The summed E-state index contributed by atoms with van der Waals surface area (Å²) in [6.45, 7) is 0.320. The maximum atomic E-state index is 9.64. The van der Waals surface area contributed by atoms with E-state index in [4.69, 9.17) is 31.2 Å². The van der Waals surface area contributed by atoms with Gasteiger partial charge in [0.2, 0.25) is 0 Å². The predicted molar refractivity (Wildman–Crippen MR) is 45.1 cm³/mol. The largest absolute Gasteiger partial charge is 0.447 e. The average Bonchev–Trinajstić information content (AvgIpc) is 2.47. The van der Waals surface area contributed by atoms with Crippen molar-refractivity contribution in [3.8, 4) is 0 Å². The van der Waals surface area contributed by atoms with Gasteiger partial charge in [0, 0.05) is 19.3 Å². The molecule has 0 spiro atoms. The fourth-order valence-corrected chi connectivity index (χ4v) is 1.71. The van der Waals surface area contributed by atoms with E-state index in [0.717, 1.165) is 0 Å². The van der Waals surface area contributed by atoms with Gasteiger partial charge in [0.25, 0.3) is 0 Å². The van der Waals surface area contributed by atoms with Gasteiger partial charge in [0.15, 0.2) is 18.5 Å². The highest BCUT2D eigenvalue weighted by molar-refractivity contribution is 7.79. The second kappa shape index (κ2) is 3.38. The summed E-state index contributed by atoms with van der Waals surface area (Å²) in [5, 5.41) is 9.71. The van der Waals surface area contributed by atoms with Gasteiger partial charge >= 0.3 is 5.24 Å². The minimum atomic E-state index is -0.857. The lowest BCUT2D eigenvalue weighted by Gasteiger charge is -2.32. The van der Waals surface area contributed by atoms with Gasteiger partial charge in [-0.05, 0) is 0 Å². The third-order valence-corrected chi connectivity index (χ3v) is 2.31. The van der Waals surface area contributed by atoms with Crippen LogP contribution in [0.4, 0.5) is 0 Å². The number of aliphatic hydroxyl groups excluding tert-OH is 1. The van der Waals surface area contributed by atoms with E-state index in [0.29, 0.717) is 6.61 Å². The highest BCUT2D eigenvalue weighted by atomic mass is 32.1. The molecule has 2 fully saturated rings. The van der Waals surface area contributed by atoms with Crippen LogP contribution in [0.15, 0.2) is 0 Å². The van der Waals surface area contributed by atoms with Gasteiger partial charge in [0.05, 0.1) is 6.61 Å². The van der Waals surface area contributed by atoms with Gasteiger partial charge in [-0.15, -0.1) is 0 Å². The van der Waals surface area contributed by atoms with E-state index >= 15 is 0 Å². The molecule has 0 aliphatic carbocycles. The van der Waals surface area contributed by atoms with Crippen molar-refractivity contribution in [3.05, 3.63) is 0 Å². The smallest absolute Gasteiger partial charge is 0.353 e. The topological polar surface area (TPSA) is 57.2 Å². The number of ether oxygens (including phenoxy) is 4. The molecular formula is C7H10O5S. The first-order valence-corrected chi connectivity index (χ1v) is 4.33. The first-order valence-electron chi connectivity index (χ1n) is 3.92. The molecule has 2 heterocycles. The summed E-state index contributed by atoms with van der Waals surface area (Å²) in [4.78, 5) is 0. The van der Waals surface area contributed by atoms with Crippen LogP contribution in [0.1, 0.15) is 0 Å². The Balaban J connectivity index is 2.07. The molecule has 0 saturated carbocycles. The van der Waals surface area contributed by atoms with Crippen molar-refractivity contribution in [2.24, 2.45) is 0 Å². The molecule has 0 aromatic rings. The molecule has 6 heteroatoms. The summed E-state index contributed by atoms with van der Waals surface area (Å²) in [6, 6.07) is 0. The van der Waals surface area contributed by atoms with Crippen LogP contribution in [-0.2, 0) is 18.9 Å². The zero-order chi connectivity index (χ0) is 9.42. The molecule has 13 heavy (non-hydrogen) atoms. The maximum absolute atomic E-state index is 9.64. The van der Waals surface area contributed by atoms with Gasteiger partial charge < -0.3 is 24.1 Å². The second-order valence-electron chi connectivity index (χ2n) is 2.92. The Morgan fingerprint density at radius 2 is 2.31 bits per heavy atom. The number of aliphatic hydroxyl groups is 1. The molecule has 1 N–H and O–H groups in total. The number of fused-ring (bicyclic) bond motifs is 1. The van der Waals surface area contributed by atoms with Crippen LogP contribution < -0.4 is 0 Å². The Morgan fingerprint density at radius 3 is 3.00 bits per heavy atom. The molecule has 2 aliphatic heterocycles. The van der Waals surface area contributed by atoms with Crippen LogP contribution >= 0.6 is 12.2 Å². The molecule has 5 nitrogen and oxygen atoms in total. The van der Waals surface area contributed by atoms with Crippen LogP contribution in [0.2, 0.25) is 0 Å². The van der Waals surface area contributed by atoms with Gasteiger partial charge in [-0.1, -0.05) is 0 Å². The van der Waals surface area contributed by atoms with Gasteiger partial charge in [-0.3, -0.25) is 0 Å². The summed E-state index contributed by atoms with van der Waals surface area (Å²) >= 11 is 4.71. The van der Waals surface area contributed by atoms with Crippen molar-refractivity contribution in [2.45, 2.75) is 24.6 Å². The van der Waals surface area contributed by atoms with Crippen LogP contribution in [0.3, 0.4) is 0 Å². The standard InChI is InChI=1S/C7H10O5S/c1-9-6-4(8)5-3(2-10-6)11-7(13)12-5/h3-6,8H,2H2,1H3/t3-,4+,5-,6-/m1/s1. The molecule has 4 atom stereocenters. The zero-order valence-corrected chi connectivity index (χ0v) is 7.82. The Hall–Kier alpha value is -0.430. The molecule has 0 aromatic heterocycles. The van der Waals surface area contributed by atoms with E-state index in [2.05, 4.69) is 0 Å². The highest BCUT2D eigenvalue weighted by Crippen LogP contribution is 2.26. The average molecular weight is 206 g/mol. The second-order valence-corrected chi connectivity index (χ2v) is 3.25. The number of methoxy groups -OCH3 is 1. The normalized spacial score (nSPS) is 43.7. The summed E-state index contributed by atoms with van der Waals surface area (Å²) in [6.07, 6.45) is -2.30. The number of thiocarbonyl (C=S) groups is 1. The van der Waals surface area contributed by atoms with E-state index in [9.17, 15) is 5.11 Å². The minimum Gasteiger partial charge on any atom is -0.447 e. The quantitative estimate of drug-likeness (QED) is 0.579. The SMILES string of the molecule is CO[C@@H]1OC[C@H]2OC(=S)O[C@H]2[C@@H]1O. The van der Waals surface area contributed by atoms with Crippen molar-refractivity contribution in [1.82, 2.24) is 0 Å². The van der Waals surface area contributed by atoms with E-state index in [-0.39, 0.29) is 11.3 Å².